The molecule has 1 aliphatic heterocycles. The van der Waals surface area contributed by atoms with E-state index < -0.39 is 0 Å². The van der Waals surface area contributed by atoms with Crippen LogP contribution in [0.5, 0.6) is 0 Å². The van der Waals surface area contributed by atoms with E-state index in [2.05, 4.69) is 15.5 Å². The fourth-order valence-corrected chi connectivity index (χ4v) is 4.07. The lowest BCUT2D eigenvalue weighted by Crippen LogP contribution is -2.40. The highest BCUT2D eigenvalue weighted by molar-refractivity contribution is 6.33. The minimum Gasteiger partial charge on any atom is -0.376 e. The van der Waals surface area contributed by atoms with Crippen molar-refractivity contribution in [1.29, 1.82) is 0 Å². The van der Waals surface area contributed by atoms with Gasteiger partial charge < -0.3 is 19.5 Å². The number of nitrogens with one attached hydrogen (secondary N) is 1. The molecule has 1 fully saturated rings. The van der Waals surface area contributed by atoms with Gasteiger partial charge in [-0.1, -0.05) is 35.0 Å². The van der Waals surface area contributed by atoms with Crippen molar-refractivity contribution in [1.82, 2.24) is 20.4 Å². The van der Waals surface area contributed by atoms with Gasteiger partial charge in [-0.05, 0) is 37.1 Å². The Hall–Kier alpha value is -3.23. The number of rotatable bonds is 10. The maximum atomic E-state index is 13.2. The fraction of sp³-hybridized carbons (Fsp3) is 0.360. The van der Waals surface area contributed by atoms with E-state index in [1.54, 1.807) is 29.3 Å². The van der Waals surface area contributed by atoms with Crippen LogP contribution in [0.25, 0.3) is 11.3 Å². The van der Waals surface area contributed by atoms with Crippen LogP contribution >= 0.6 is 11.6 Å². The maximum absolute atomic E-state index is 13.2. The lowest BCUT2D eigenvalue weighted by Gasteiger charge is -2.24. The van der Waals surface area contributed by atoms with E-state index in [0.29, 0.717) is 42.5 Å². The van der Waals surface area contributed by atoms with Gasteiger partial charge in [0.05, 0.1) is 11.1 Å². The van der Waals surface area contributed by atoms with E-state index in [0.717, 1.165) is 18.5 Å². The Morgan fingerprint density at radius 1 is 1.18 bits per heavy atom. The molecule has 0 unspecified atom stereocenters. The van der Waals surface area contributed by atoms with Crippen LogP contribution in [-0.2, 0) is 16.0 Å². The van der Waals surface area contributed by atoms with Crippen LogP contribution in [0.3, 0.4) is 0 Å². The molecule has 2 amide bonds. The smallest absolute Gasteiger partial charge is 0.276 e. The van der Waals surface area contributed by atoms with Gasteiger partial charge >= 0.3 is 0 Å². The van der Waals surface area contributed by atoms with E-state index in [1.165, 1.54) is 0 Å². The van der Waals surface area contributed by atoms with Gasteiger partial charge in [0, 0.05) is 62.6 Å². The highest BCUT2D eigenvalue weighted by atomic mass is 35.5. The van der Waals surface area contributed by atoms with Gasteiger partial charge in [-0.25, -0.2) is 0 Å². The molecule has 1 N–H and O–H groups in total. The quantitative estimate of drug-likeness (QED) is 0.472. The van der Waals surface area contributed by atoms with Gasteiger partial charge in [-0.3, -0.25) is 14.6 Å². The maximum Gasteiger partial charge on any atom is 0.276 e. The first kappa shape index (κ1) is 23.9. The second-order valence-electron chi connectivity index (χ2n) is 8.11. The zero-order valence-corrected chi connectivity index (χ0v) is 19.5. The molecule has 0 aliphatic carbocycles. The molecule has 4 rings (SSSR count). The van der Waals surface area contributed by atoms with Gasteiger partial charge in [0.25, 0.3) is 5.91 Å². The van der Waals surface area contributed by atoms with Crippen molar-refractivity contribution >= 4 is 23.4 Å². The summed E-state index contributed by atoms with van der Waals surface area (Å²) < 4.78 is 11.1. The SMILES string of the molecule is O=C(CCN(C[C@@H]1CCCO1)C(=O)c1cc(-c2ccccc2Cl)on1)NCCc1ccccn1. The summed E-state index contributed by atoms with van der Waals surface area (Å²) in [7, 11) is 0. The third kappa shape index (κ3) is 6.42. The second-order valence-corrected chi connectivity index (χ2v) is 8.52. The molecule has 1 atom stereocenters. The largest absolute Gasteiger partial charge is 0.376 e. The number of carbonyl (C=O) groups excluding carboxylic acids is 2. The number of hydrogen-bond acceptors (Lipinski definition) is 6. The summed E-state index contributed by atoms with van der Waals surface area (Å²) in [6.07, 6.45) is 4.34. The van der Waals surface area contributed by atoms with Crippen molar-refractivity contribution < 1.29 is 18.8 Å². The molecule has 1 aromatic carbocycles. The molecule has 0 radical (unpaired) electrons. The summed E-state index contributed by atoms with van der Waals surface area (Å²) in [6, 6.07) is 14.5. The molecule has 8 nitrogen and oxygen atoms in total. The first-order valence-corrected chi connectivity index (χ1v) is 11.8. The molecule has 0 spiro atoms. The van der Waals surface area contributed by atoms with Crippen LogP contribution in [0.15, 0.2) is 59.3 Å². The van der Waals surface area contributed by atoms with Crippen LogP contribution in [0, 0.1) is 0 Å². The molecule has 3 aromatic rings. The first-order valence-electron chi connectivity index (χ1n) is 11.4. The molecular formula is C25H27ClN4O4. The molecule has 178 valence electrons. The minimum absolute atomic E-state index is 0.0499. The zero-order chi connectivity index (χ0) is 23.8. The third-order valence-electron chi connectivity index (χ3n) is 5.64. The number of aromatic nitrogens is 2. The molecule has 9 heteroatoms. The summed E-state index contributed by atoms with van der Waals surface area (Å²) in [6.45, 7) is 1.82. The first-order chi connectivity index (χ1) is 16.6. The van der Waals surface area contributed by atoms with E-state index >= 15 is 0 Å². The van der Waals surface area contributed by atoms with Crippen molar-refractivity contribution in [3.8, 4) is 11.3 Å². The van der Waals surface area contributed by atoms with E-state index in [9.17, 15) is 9.59 Å². The summed E-state index contributed by atoms with van der Waals surface area (Å²) in [5.74, 6) is -0.0184. The highest BCUT2D eigenvalue weighted by Gasteiger charge is 2.26. The Morgan fingerprint density at radius 2 is 2.03 bits per heavy atom. The van der Waals surface area contributed by atoms with Crippen molar-refractivity contribution in [3.05, 3.63) is 71.1 Å². The van der Waals surface area contributed by atoms with Crippen molar-refractivity contribution in [2.45, 2.75) is 31.8 Å². The van der Waals surface area contributed by atoms with Crippen molar-refractivity contribution in [2.24, 2.45) is 0 Å². The molecule has 34 heavy (non-hydrogen) atoms. The van der Waals surface area contributed by atoms with Gasteiger partial charge in [-0.2, -0.15) is 0 Å². The molecule has 3 heterocycles. The van der Waals surface area contributed by atoms with Crippen molar-refractivity contribution in [2.75, 3.05) is 26.2 Å². The second kappa shape index (κ2) is 11.8. The van der Waals surface area contributed by atoms with E-state index in [1.807, 2.05) is 30.3 Å². The topological polar surface area (TPSA) is 97.6 Å². The van der Waals surface area contributed by atoms with Gasteiger partial charge in [-0.15, -0.1) is 0 Å². The number of benzene rings is 1. The molecule has 1 saturated heterocycles. The van der Waals surface area contributed by atoms with Crippen LogP contribution in [0.4, 0.5) is 0 Å². The van der Waals surface area contributed by atoms with Crippen molar-refractivity contribution in [3.63, 3.8) is 0 Å². The lowest BCUT2D eigenvalue weighted by atomic mass is 10.1. The number of halogens is 1. The highest BCUT2D eigenvalue weighted by Crippen LogP contribution is 2.28. The molecule has 2 aromatic heterocycles. The van der Waals surface area contributed by atoms with Crippen LogP contribution in [-0.4, -0.2) is 59.2 Å². The Balaban J connectivity index is 1.37. The molecule has 0 saturated carbocycles. The standard InChI is InChI=1S/C25H27ClN4O4/c26-21-9-2-1-8-20(21)23-16-22(29-34-23)25(32)30(17-19-7-5-15-33-19)14-11-24(31)28-13-10-18-6-3-4-12-27-18/h1-4,6,8-9,12,16,19H,5,7,10-11,13-15,17H2,(H,28,31)/t19-/m0/s1. The predicted octanol–water partition coefficient (Wildman–Crippen LogP) is 3.76. The zero-order valence-electron chi connectivity index (χ0n) is 18.8. The number of ether oxygens (including phenoxy) is 1. The van der Waals surface area contributed by atoms with Gasteiger partial charge in [0.2, 0.25) is 5.91 Å². The summed E-state index contributed by atoms with van der Waals surface area (Å²) in [4.78, 5) is 31.5. The normalized spacial score (nSPS) is 15.3. The molecule has 1 aliphatic rings. The number of pyridine rings is 1. The summed E-state index contributed by atoms with van der Waals surface area (Å²) in [5, 5.41) is 7.37. The van der Waals surface area contributed by atoms with Crippen LogP contribution < -0.4 is 5.32 Å². The number of nitrogens with zero attached hydrogens (tertiary/aromatic N) is 3. The Bertz CT molecular complexity index is 1100. The Morgan fingerprint density at radius 3 is 2.79 bits per heavy atom. The predicted molar refractivity (Wildman–Crippen MR) is 127 cm³/mol. The van der Waals surface area contributed by atoms with E-state index in [-0.39, 0.29) is 36.6 Å². The average Bonchev–Trinajstić information content (AvgIpc) is 3.55. The van der Waals surface area contributed by atoms with Gasteiger partial charge in [0.15, 0.2) is 11.5 Å². The van der Waals surface area contributed by atoms with E-state index in [4.69, 9.17) is 20.9 Å². The number of hydrogen-bond donors (Lipinski definition) is 1. The minimum atomic E-state index is -0.307. The lowest BCUT2D eigenvalue weighted by molar-refractivity contribution is -0.121. The fourth-order valence-electron chi connectivity index (χ4n) is 3.84. The average molecular weight is 483 g/mol. The molecular weight excluding hydrogens is 456 g/mol. The number of carbonyl (C=O) groups is 2. The summed E-state index contributed by atoms with van der Waals surface area (Å²) in [5.41, 5.74) is 1.75. The third-order valence-corrected chi connectivity index (χ3v) is 5.97. The van der Waals surface area contributed by atoms with Crippen LogP contribution in [0.1, 0.15) is 35.4 Å². The molecule has 0 bridgehead atoms. The monoisotopic (exact) mass is 482 g/mol. The summed E-state index contributed by atoms with van der Waals surface area (Å²) >= 11 is 6.24. The Kier molecular flexibility index (Phi) is 8.27. The van der Waals surface area contributed by atoms with Crippen LogP contribution in [0.2, 0.25) is 5.02 Å². The van der Waals surface area contributed by atoms with Gasteiger partial charge in [0.1, 0.15) is 0 Å². The Labute approximate surface area is 203 Å². The number of amides is 2.